The van der Waals surface area contributed by atoms with Crippen LogP contribution in [0, 0.1) is 5.92 Å². The predicted octanol–water partition coefficient (Wildman–Crippen LogP) is 3.07. The molecule has 3 heteroatoms. The molecule has 1 heterocycles. The van der Waals surface area contributed by atoms with Crippen LogP contribution in [0.5, 0.6) is 0 Å². The summed E-state index contributed by atoms with van der Waals surface area (Å²) in [6.45, 7) is 7.70. The van der Waals surface area contributed by atoms with E-state index in [0.29, 0.717) is 12.0 Å². The third-order valence-electron chi connectivity index (χ3n) is 3.29. The predicted molar refractivity (Wildman–Crippen MR) is 67.7 cm³/mol. The third-order valence-corrected chi connectivity index (χ3v) is 3.29. The van der Waals surface area contributed by atoms with Gasteiger partial charge in [0, 0.05) is 12.6 Å². The van der Waals surface area contributed by atoms with Crippen LogP contribution in [0.3, 0.4) is 0 Å². The first kappa shape index (κ1) is 11.5. The largest absolute Gasteiger partial charge is 0.380 e. The molecule has 1 aliphatic carbocycles. The molecule has 0 radical (unpaired) electrons. The molecule has 90 valence electrons. The number of nitrogens with zero attached hydrogens (tertiary/aromatic N) is 2. The van der Waals surface area contributed by atoms with Gasteiger partial charge in [-0.2, -0.15) is 5.10 Å². The maximum Gasteiger partial charge on any atom is 0.0761 e. The summed E-state index contributed by atoms with van der Waals surface area (Å²) in [5.74, 6) is 0.654. The van der Waals surface area contributed by atoms with Crippen molar-refractivity contribution in [2.75, 3.05) is 5.32 Å². The smallest absolute Gasteiger partial charge is 0.0761 e. The number of aromatic nitrogens is 2. The van der Waals surface area contributed by atoms with Crippen molar-refractivity contribution in [3.05, 3.63) is 11.9 Å². The highest BCUT2D eigenvalue weighted by Crippen LogP contribution is 2.25. The van der Waals surface area contributed by atoms with Crippen molar-refractivity contribution in [2.24, 2.45) is 5.92 Å². The van der Waals surface area contributed by atoms with Crippen LogP contribution >= 0.6 is 0 Å². The fraction of sp³-hybridized carbons (Fsp3) is 0.769. The lowest BCUT2D eigenvalue weighted by Crippen LogP contribution is -2.27. The Morgan fingerprint density at radius 2 is 2.25 bits per heavy atom. The molecule has 1 aliphatic rings. The van der Waals surface area contributed by atoms with Gasteiger partial charge in [0.05, 0.1) is 17.6 Å². The maximum absolute atomic E-state index is 4.49. The van der Waals surface area contributed by atoms with Crippen molar-refractivity contribution < 1.29 is 0 Å². The molecule has 0 saturated heterocycles. The molecule has 1 aromatic rings. The minimum absolute atomic E-state index is 0.654. The van der Waals surface area contributed by atoms with E-state index in [1.54, 1.807) is 0 Å². The second kappa shape index (κ2) is 4.89. The molecule has 0 spiro atoms. The van der Waals surface area contributed by atoms with Gasteiger partial charge in [-0.1, -0.05) is 20.8 Å². The summed E-state index contributed by atoms with van der Waals surface area (Å²) >= 11 is 0. The van der Waals surface area contributed by atoms with Gasteiger partial charge < -0.3 is 5.32 Å². The van der Waals surface area contributed by atoms with Crippen molar-refractivity contribution in [3.63, 3.8) is 0 Å². The lowest BCUT2D eigenvalue weighted by atomic mass is 9.93. The SMILES string of the molecule is CCc1c(NC2CCC2)cnn1CC(C)C. The summed E-state index contributed by atoms with van der Waals surface area (Å²) in [5, 5.41) is 8.10. The van der Waals surface area contributed by atoms with Gasteiger partial charge in [-0.05, 0) is 31.6 Å². The average molecular weight is 221 g/mol. The molecule has 0 atom stereocenters. The normalized spacial score (nSPS) is 16.5. The number of rotatable bonds is 5. The number of anilines is 1. The molecule has 3 nitrogen and oxygen atoms in total. The maximum atomic E-state index is 4.49. The molecular weight excluding hydrogens is 198 g/mol. The third kappa shape index (κ3) is 2.39. The molecule has 1 fully saturated rings. The zero-order valence-electron chi connectivity index (χ0n) is 10.7. The molecule has 0 bridgehead atoms. The van der Waals surface area contributed by atoms with Gasteiger partial charge in [0.25, 0.3) is 0 Å². The van der Waals surface area contributed by atoms with E-state index in [0.717, 1.165) is 13.0 Å². The van der Waals surface area contributed by atoms with Gasteiger partial charge in [-0.3, -0.25) is 4.68 Å². The van der Waals surface area contributed by atoms with Crippen molar-refractivity contribution in [1.29, 1.82) is 0 Å². The topological polar surface area (TPSA) is 29.9 Å². The van der Waals surface area contributed by atoms with Gasteiger partial charge in [0.1, 0.15) is 0 Å². The fourth-order valence-corrected chi connectivity index (χ4v) is 2.18. The first-order valence-corrected chi connectivity index (χ1v) is 6.52. The summed E-state index contributed by atoms with van der Waals surface area (Å²) < 4.78 is 2.16. The van der Waals surface area contributed by atoms with Crippen molar-refractivity contribution in [2.45, 2.75) is 59.0 Å². The molecule has 1 aromatic heterocycles. The van der Waals surface area contributed by atoms with Crippen LogP contribution in [-0.4, -0.2) is 15.8 Å². The monoisotopic (exact) mass is 221 g/mol. The summed E-state index contributed by atoms with van der Waals surface area (Å²) in [6.07, 6.45) is 7.07. The number of nitrogens with one attached hydrogen (secondary N) is 1. The Morgan fingerprint density at radius 1 is 1.50 bits per heavy atom. The van der Waals surface area contributed by atoms with E-state index in [1.165, 1.54) is 30.6 Å². The van der Waals surface area contributed by atoms with E-state index >= 15 is 0 Å². The van der Waals surface area contributed by atoms with E-state index in [2.05, 4.69) is 35.9 Å². The van der Waals surface area contributed by atoms with Gasteiger partial charge in [0.2, 0.25) is 0 Å². The van der Waals surface area contributed by atoms with Crippen LogP contribution in [-0.2, 0) is 13.0 Å². The van der Waals surface area contributed by atoms with Gasteiger partial charge in [-0.15, -0.1) is 0 Å². The molecule has 16 heavy (non-hydrogen) atoms. The van der Waals surface area contributed by atoms with Crippen LogP contribution in [0.25, 0.3) is 0 Å². The highest BCUT2D eigenvalue weighted by atomic mass is 15.3. The Bertz CT molecular complexity index is 337. The summed E-state index contributed by atoms with van der Waals surface area (Å²) in [5.41, 5.74) is 2.62. The van der Waals surface area contributed by atoms with E-state index < -0.39 is 0 Å². The molecule has 2 rings (SSSR count). The lowest BCUT2D eigenvalue weighted by molar-refractivity contribution is 0.444. The highest BCUT2D eigenvalue weighted by molar-refractivity contribution is 5.47. The Balaban J connectivity index is 2.08. The van der Waals surface area contributed by atoms with E-state index in [4.69, 9.17) is 0 Å². The Morgan fingerprint density at radius 3 is 2.75 bits per heavy atom. The second-order valence-electron chi connectivity index (χ2n) is 5.21. The fourth-order valence-electron chi connectivity index (χ4n) is 2.18. The second-order valence-corrected chi connectivity index (χ2v) is 5.21. The van der Waals surface area contributed by atoms with E-state index in [1.807, 2.05) is 6.20 Å². The number of hydrogen-bond acceptors (Lipinski definition) is 2. The van der Waals surface area contributed by atoms with Crippen molar-refractivity contribution >= 4 is 5.69 Å². The Hall–Kier alpha value is -0.990. The van der Waals surface area contributed by atoms with Gasteiger partial charge in [-0.25, -0.2) is 0 Å². The Kier molecular flexibility index (Phi) is 3.52. The van der Waals surface area contributed by atoms with Gasteiger partial charge in [0.15, 0.2) is 0 Å². The van der Waals surface area contributed by atoms with Crippen LogP contribution < -0.4 is 5.32 Å². The molecule has 0 aliphatic heterocycles. The van der Waals surface area contributed by atoms with Crippen LogP contribution in [0.1, 0.15) is 45.7 Å². The van der Waals surface area contributed by atoms with E-state index in [9.17, 15) is 0 Å². The minimum atomic E-state index is 0.654. The standard InChI is InChI=1S/C13H23N3/c1-4-13-12(15-11-6-5-7-11)8-14-16(13)9-10(2)3/h8,10-11,15H,4-7,9H2,1-3H3. The van der Waals surface area contributed by atoms with Crippen molar-refractivity contribution in [3.8, 4) is 0 Å². The summed E-state index contributed by atoms with van der Waals surface area (Å²) in [6, 6.07) is 0.696. The molecular formula is C13H23N3. The first-order valence-electron chi connectivity index (χ1n) is 6.52. The Labute approximate surface area is 98.2 Å². The molecule has 1 N–H and O–H groups in total. The minimum Gasteiger partial charge on any atom is -0.380 e. The zero-order chi connectivity index (χ0) is 11.5. The summed E-state index contributed by atoms with van der Waals surface area (Å²) in [4.78, 5) is 0. The first-order chi connectivity index (χ1) is 7.70. The average Bonchev–Trinajstić information content (AvgIpc) is 2.53. The van der Waals surface area contributed by atoms with Crippen molar-refractivity contribution in [1.82, 2.24) is 9.78 Å². The molecule has 0 unspecified atom stereocenters. The number of hydrogen-bond donors (Lipinski definition) is 1. The van der Waals surface area contributed by atoms with E-state index in [-0.39, 0.29) is 0 Å². The van der Waals surface area contributed by atoms with Gasteiger partial charge >= 0.3 is 0 Å². The molecule has 1 saturated carbocycles. The summed E-state index contributed by atoms with van der Waals surface area (Å²) in [7, 11) is 0. The quantitative estimate of drug-likeness (QED) is 0.828. The van der Waals surface area contributed by atoms with Crippen LogP contribution in [0.2, 0.25) is 0 Å². The molecule has 0 aromatic carbocycles. The van der Waals surface area contributed by atoms with Crippen LogP contribution in [0.15, 0.2) is 6.20 Å². The molecule has 0 amide bonds. The van der Waals surface area contributed by atoms with Crippen LogP contribution in [0.4, 0.5) is 5.69 Å². The zero-order valence-corrected chi connectivity index (χ0v) is 10.7. The lowest BCUT2D eigenvalue weighted by Gasteiger charge is -2.27. The highest BCUT2D eigenvalue weighted by Gasteiger charge is 2.19.